The van der Waals surface area contributed by atoms with E-state index in [1.165, 1.54) is 24.8 Å². The van der Waals surface area contributed by atoms with Crippen molar-refractivity contribution < 1.29 is 4.43 Å². The second-order valence-electron chi connectivity index (χ2n) is 6.15. The van der Waals surface area contributed by atoms with E-state index in [2.05, 4.69) is 69.9 Å². The number of rotatable bonds is 7. The Labute approximate surface area is 119 Å². The van der Waals surface area contributed by atoms with E-state index in [4.69, 9.17) is 4.43 Å². The highest BCUT2D eigenvalue weighted by Gasteiger charge is 2.17. The minimum absolute atomic E-state index is 0.484. The van der Waals surface area contributed by atoms with Gasteiger partial charge in [-0.05, 0) is 44.6 Å². The normalized spacial score (nSPS) is 14.3. The highest BCUT2D eigenvalue weighted by molar-refractivity contribution is 6.70. The van der Waals surface area contributed by atoms with Crippen LogP contribution in [0.5, 0.6) is 0 Å². The molecule has 106 valence electrons. The van der Waals surface area contributed by atoms with Gasteiger partial charge in [0, 0.05) is 5.92 Å². The third kappa shape index (κ3) is 6.62. The maximum absolute atomic E-state index is 6.07. The van der Waals surface area contributed by atoms with Crippen LogP contribution in [0.4, 0.5) is 0 Å². The van der Waals surface area contributed by atoms with Crippen LogP contribution in [-0.2, 0) is 4.43 Å². The lowest BCUT2D eigenvalue weighted by atomic mass is 9.93. The summed E-state index contributed by atoms with van der Waals surface area (Å²) in [6, 6.07) is 10.8. The molecule has 1 aromatic carbocycles. The smallest absolute Gasteiger partial charge is 0.241 e. The second kappa shape index (κ2) is 7.54. The Hall–Kier alpha value is -1.02. The topological polar surface area (TPSA) is 9.23 Å². The quantitative estimate of drug-likeness (QED) is 0.457. The Kier molecular flexibility index (Phi) is 6.36. The van der Waals surface area contributed by atoms with Gasteiger partial charge < -0.3 is 4.43 Å². The Balaban J connectivity index is 2.83. The molecule has 0 aliphatic carbocycles. The number of allylic oxidation sites excluding steroid dienone is 2. The first-order valence-electron chi connectivity index (χ1n) is 7.34. The lowest BCUT2D eigenvalue weighted by Crippen LogP contribution is -2.24. The third-order valence-electron chi connectivity index (χ3n) is 3.00. The van der Waals surface area contributed by atoms with Crippen LogP contribution in [0.25, 0.3) is 0 Å². The zero-order valence-electron chi connectivity index (χ0n) is 13.1. The largest absolute Gasteiger partial charge is 0.548 e. The second-order valence-corrected chi connectivity index (χ2v) is 10.6. The molecule has 0 spiro atoms. The van der Waals surface area contributed by atoms with Crippen molar-refractivity contribution in [1.29, 1.82) is 0 Å². The zero-order valence-corrected chi connectivity index (χ0v) is 14.1. The first-order chi connectivity index (χ1) is 8.92. The molecule has 0 bridgehead atoms. The number of hydrogen-bond acceptors (Lipinski definition) is 1. The molecule has 0 radical (unpaired) electrons. The van der Waals surface area contributed by atoms with Gasteiger partial charge in [-0.3, -0.25) is 0 Å². The molecule has 0 N–H and O–H groups in total. The molecule has 1 rings (SSSR count). The summed E-state index contributed by atoms with van der Waals surface area (Å²) in [7, 11) is -1.49. The summed E-state index contributed by atoms with van der Waals surface area (Å²) in [6.07, 6.45) is 6.01. The molecule has 1 nitrogen and oxygen atoms in total. The van der Waals surface area contributed by atoms with E-state index in [1.54, 1.807) is 0 Å². The van der Waals surface area contributed by atoms with E-state index in [0.29, 0.717) is 5.92 Å². The maximum atomic E-state index is 6.07. The molecule has 0 heterocycles. The predicted molar refractivity (Wildman–Crippen MR) is 86.9 cm³/mol. The fourth-order valence-corrected chi connectivity index (χ4v) is 3.30. The molecule has 0 aromatic heterocycles. The van der Waals surface area contributed by atoms with Crippen LogP contribution in [0.1, 0.15) is 44.6 Å². The molecule has 0 amide bonds. The van der Waals surface area contributed by atoms with Crippen molar-refractivity contribution >= 4 is 8.32 Å². The average Bonchev–Trinajstić information content (AvgIpc) is 2.33. The van der Waals surface area contributed by atoms with Gasteiger partial charge in [-0.25, -0.2) is 0 Å². The molecule has 0 saturated carbocycles. The Morgan fingerprint density at radius 3 is 2.37 bits per heavy atom. The van der Waals surface area contributed by atoms with Gasteiger partial charge in [0.05, 0.1) is 5.76 Å². The Bertz CT molecular complexity index is 389. The van der Waals surface area contributed by atoms with E-state index in [-0.39, 0.29) is 0 Å². The lowest BCUT2D eigenvalue weighted by molar-refractivity contribution is 0.418. The molecule has 0 aliphatic rings. The summed E-state index contributed by atoms with van der Waals surface area (Å²) >= 11 is 0. The summed E-state index contributed by atoms with van der Waals surface area (Å²) in [5.74, 6) is 1.57. The van der Waals surface area contributed by atoms with E-state index in [1.807, 2.05) is 0 Å². The molecule has 1 unspecified atom stereocenters. The average molecular weight is 276 g/mol. The van der Waals surface area contributed by atoms with Crippen molar-refractivity contribution in [2.45, 2.75) is 58.7 Å². The van der Waals surface area contributed by atoms with Crippen molar-refractivity contribution in [2.24, 2.45) is 0 Å². The van der Waals surface area contributed by atoms with E-state index in [9.17, 15) is 0 Å². The summed E-state index contributed by atoms with van der Waals surface area (Å²) in [6.45, 7) is 11.0. The number of hydrogen-bond donors (Lipinski definition) is 0. The fraction of sp³-hybridized carbons (Fsp3) is 0.529. The minimum Gasteiger partial charge on any atom is -0.548 e. The summed E-state index contributed by atoms with van der Waals surface area (Å²) in [5.41, 5.74) is 1.40. The zero-order chi connectivity index (χ0) is 14.3. The van der Waals surface area contributed by atoms with E-state index < -0.39 is 8.32 Å². The van der Waals surface area contributed by atoms with Crippen LogP contribution >= 0.6 is 0 Å². The molecule has 0 fully saturated rings. The van der Waals surface area contributed by atoms with Crippen molar-refractivity contribution in [3.8, 4) is 0 Å². The molecular formula is C17H28OSi. The van der Waals surface area contributed by atoms with Gasteiger partial charge in [0.15, 0.2) is 0 Å². The standard InChI is InChI=1S/C17H28OSi/c1-6-7-11-17(16-12-9-8-10-13-16)14-15(2)18-19(3,4)5/h8-10,12-14,17H,6-7,11H2,1-5H3/b15-14-. The molecule has 1 aromatic rings. The Morgan fingerprint density at radius 1 is 1.21 bits per heavy atom. The molecule has 19 heavy (non-hydrogen) atoms. The van der Waals surface area contributed by atoms with Gasteiger partial charge in [-0.1, -0.05) is 50.1 Å². The minimum atomic E-state index is -1.49. The van der Waals surface area contributed by atoms with Gasteiger partial charge >= 0.3 is 0 Å². The van der Waals surface area contributed by atoms with Crippen molar-refractivity contribution in [2.75, 3.05) is 0 Å². The van der Waals surface area contributed by atoms with Crippen LogP contribution in [0.2, 0.25) is 19.6 Å². The third-order valence-corrected chi connectivity index (χ3v) is 3.93. The van der Waals surface area contributed by atoms with Crippen LogP contribution in [0.3, 0.4) is 0 Å². The molecular weight excluding hydrogens is 248 g/mol. The maximum Gasteiger partial charge on any atom is 0.241 e. The van der Waals surface area contributed by atoms with Gasteiger partial charge in [0.1, 0.15) is 0 Å². The van der Waals surface area contributed by atoms with Gasteiger partial charge in [0.2, 0.25) is 8.32 Å². The summed E-state index contributed by atoms with van der Waals surface area (Å²) in [5, 5.41) is 0. The van der Waals surface area contributed by atoms with Crippen LogP contribution in [0.15, 0.2) is 42.2 Å². The Morgan fingerprint density at radius 2 is 1.84 bits per heavy atom. The molecule has 1 atom stereocenters. The highest BCUT2D eigenvalue weighted by Crippen LogP contribution is 2.25. The molecule has 0 aliphatic heterocycles. The van der Waals surface area contributed by atoms with Crippen molar-refractivity contribution in [3.05, 3.63) is 47.7 Å². The summed E-state index contributed by atoms with van der Waals surface area (Å²) in [4.78, 5) is 0. The molecule has 0 saturated heterocycles. The van der Waals surface area contributed by atoms with Crippen LogP contribution in [0, 0.1) is 0 Å². The number of unbranched alkanes of at least 4 members (excludes halogenated alkanes) is 1. The van der Waals surface area contributed by atoms with E-state index in [0.717, 1.165) is 5.76 Å². The number of benzene rings is 1. The highest BCUT2D eigenvalue weighted by atomic mass is 28.4. The van der Waals surface area contributed by atoms with Crippen molar-refractivity contribution in [1.82, 2.24) is 0 Å². The van der Waals surface area contributed by atoms with E-state index >= 15 is 0 Å². The lowest BCUT2D eigenvalue weighted by Gasteiger charge is -2.22. The monoisotopic (exact) mass is 276 g/mol. The van der Waals surface area contributed by atoms with Crippen LogP contribution < -0.4 is 0 Å². The summed E-state index contributed by atoms with van der Waals surface area (Å²) < 4.78 is 6.07. The van der Waals surface area contributed by atoms with Crippen molar-refractivity contribution in [3.63, 3.8) is 0 Å². The molecule has 2 heteroatoms. The van der Waals surface area contributed by atoms with Gasteiger partial charge in [0.25, 0.3) is 0 Å². The van der Waals surface area contributed by atoms with Gasteiger partial charge in [-0.15, -0.1) is 0 Å². The first kappa shape index (κ1) is 16.0. The SMILES string of the molecule is CCCCC(/C=C(/C)O[Si](C)(C)C)c1ccccc1. The predicted octanol–water partition coefficient (Wildman–Crippen LogP) is 5.72. The fourth-order valence-electron chi connectivity index (χ4n) is 2.27. The van der Waals surface area contributed by atoms with Crippen LogP contribution in [-0.4, -0.2) is 8.32 Å². The first-order valence-corrected chi connectivity index (χ1v) is 10.8. The van der Waals surface area contributed by atoms with Gasteiger partial charge in [-0.2, -0.15) is 0 Å².